The van der Waals surface area contributed by atoms with Crippen molar-refractivity contribution in [1.82, 2.24) is 4.90 Å². The fourth-order valence-corrected chi connectivity index (χ4v) is 3.06. The van der Waals surface area contributed by atoms with E-state index in [1.54, 1.807) is 12.2 Å². The van der Waals surface area contributed by atoms with Gasteiger partial charge >= 0.3 is 0 Å². The molecule has 0 aromatic carbocycles. The maximum atomic E-state index is 10.9. The molecule has 0 saturated heterocycles. The number of nitro groups is 1. The summed E-state index contributed by atoms with van der Waals surface area (Å²) in [6, 6.07) is 0.0255. The normalized spacial score (nSPS) is 21.6. The Morgan fingerprint density at radius 2 is 2.10 bits per heavy atom. The van der Waals surface area contributed by atoms with Crippen LogP contribution in [0.3, 0.4) is 0 Å². The molecule has 6 heteroatoms. The molecular formula is C15H22N2O4. The van der Waals surface area contributed by atoms with Crippen molar-refractivity contribution in [3.63, 3.8) is 0 Å². The molecule has 0 aromatic rings. The van der Waals surface area contributed by atoms with Crippen molar-refractivity contribution in [1.29, 1.82) is 0 Å². The summed E-state index contributed by atoms with van der Waals surface area (Å²) in [6.45, 7) is 4.73. The predicted octanol–water partition coefficient (Wildman–Crippen LogP) is 1.45. The number of fused-ring (bicyclic) bond motifs is 1. The summed E-state index contributed by atoms with van der Waals surface area (Å²) in [5, 5.41) is 29.5. The average molecular weight is 294 g/mol. The predicted molar refractivity (Wildman–Crippen MR) is 78.9 cm³/mol. The maximum absolute atomic E-state index is 10.9. The summed E-state index contributed by atoms with van der Waals surface area (Å²) in [7, 11) is 0. The minimum absolute atomic E-state index is 0.0238. The Morgan fingerprint density at radius 3 is 2.67 bits per heavy atom. The van der Waals surface area contributed by atoms with E-state index >= 15 is 0 Å². The molecule has 6 nitrogen and oxygen atoms in total. The first kappa shape index (κ1) is 15.7. The summed E-state index contributed by atoms with van der Waals surface area (Å²) >= 11 is 0. The molecule has 0 spiro atoms. The number of rotatable bonds is 6. The second-order valence-corrected chi connectivity index (χ2v) is 6.16. The standard InChI is InChI=1S/C15H22N2O4/c1-15(2,5-7-18)14-10-11-9-12(17(20)21)3-4-13(11)16(14)6-8-19/h3-4,10,14,18-19H,5-9H2,1-2H3. The first-order valence-electron chi connectivity index (χ1n) is 7.15. The van der Waals surface area contributed by atoms with E-state index in [9.17, 15) is 20.3 Å². The summed E-state index contributed by atoms with van der Waals surface area (Å²) in [4.78, 5) is 12.7. The SMILES string of the molecule is CC(C)(CCO)C1C=C2CC([N+](=O)[O-])=CC=C2N1CCO. The third kappa shape index (κ3) is 3.01. The lowest BCUT2D eigenvalue weighted by Gasteiger charge is -2.39. The van der Waals surface area contributed by atoms with Gasteiger partial charge in [0.1, 0.15) is 0 Å². The number of nitrogens with zero attached hydrogens (tertiary/aromatic N) is 2. The number of β-amino-alcohol motifs (C(OH)–C–C–N with tert-alkyl or cyclic N) is 1. The van der Waals surface area contributed by atoms with Gasteiger partial charge in [-0.05, 0) is 23.5 Å². The smallest absolute Gasteiger partial charge is 0.250 e. The van der Waals surface area contributed by atoms with Crippen molar-refractivity contribution in [3.8, 4) is 0 Å². The summed E-state index contributed by atoms with van der Waals surface area (Å²) < 4.78 is 0. The lowest BCUT2D eigenvalue weighted by Crippen LogP contribution is -2.42. The van der Waals surface area contributed by atoms with Crippen LogP contribution in [0.15, 0.2) is 35.2 Å². The molecule has 0 radical (unpaired) electrons. The van der Waals surface area contributed by atoms with E-state index < -0.39 is 0 Å². The summed E-state index contributed by atoms with van der Waals surface area (Å²) in [5.74, 6) is 0. The number of hydrogen-bond acceptors (Lipinski definition) is 5. The van der Waals surface area contributed by atoms with Gasteiger partial charge in [0.05, 0.1) is 24.0 Å². The van der Waals surface area contributed by atoms with Crippen LogP contribution in [0, 0.1) is 15.5 Å². The van der Waals surface area contributed by atoms with Crippen LogP contribution >= 0.6 is 0 Å². The van der Waals surface area contributed by atoms with E-state index in [2.05, 4.69) is 18.7 Å². The molecule has 0 bridgehead atoms. The Labute approximate surface area is 124 Å². The van der Waals surface area contributed by atoms with Crippen molar-refractivity contribution < 1.29 is 15.1 Å². The van der Waals surface area contributed by atoms with Gasteiger partial charge in [0, 0.05) is 24.9 Å². The van der Waals surface area contributed by atoms with Gasteiger partial charge in [-0.25, -0.2) is 0 Å². The van der Waals surface area contributed by atoms with Gasteiger partial charge in [0.25, 0.3) is 5.70 Å². The Bertz CT molecular complexity index is 520. The second kappa shape index (κ2) is 5.99. The highest BCUT2D eigenvalue weighted by Crippen LogP contribution is 2.42. The molecule has 1 atom stereocenters. The zero-order chi connectivity index (χ0) is 15.6. The minimum Gasteiger partial charge on any atom is -0.396 e. The third-order valence-corrected chi connectivity index (χ3v) is 4.27. The van der Waals surface area contributed by atoms with Crippen LogP contribution in [-0.4, -0.2) is 45.8 Å². The van der Waals surface area contributed by atoms with Gasteiger partial charge in [-0.2, -0.15) is 0 Å². The van der Waals surface area contributed by atoms with Gasteiger partial charge in [-0.3, -0.25) is 10.1 Å². The van der Waals surface area contributed by atoms with Crippen molar-refractivity contribution in [2.45, 2.75) is 32.7 Å². The maximum Gasteiger partial charge on any atom is 0.250 e. The third-order valence-electron chi connectivity index (χ3n) is 4.27. The Balaban J connectivity index is 2.33. The molecule has 0 amide bonds. The molecule has 2 rings (SSSR count). The number of aliphatic hydroxyl groups excluding tert-OH is 2. The zero-order valence-electron chi connectivity index (χ0n) is 12.5. The molecule has 1 aliphatic carbocycles. The van der Waals surface area contributed by atoms with Crippen LogP contribution in [0.2, 0.25) is 0 Å². The summed E-state index contributed by atoms with van der Waals surface area (Å²) in [6.07, 6.45) is 6.29. The largest absolute Gasteiger partial charge is 0.396 e. The zero-order valence-corrected chi connectivity index (χ0v) is 12.5. The first-order valence-corrected chi connectivity index (χ1v) is 7.15. The fraction of sp³-hybridized carbons (Fsp3) is 0.600. The molecule has 116 valence electrons. The van der Waals surface area contributed by atoms with Gasteiger partial charge in [0.15, 0.2) is 0 Å². The number of aliphatic hydroxyl groups is 2. The van der Waals surface area contributed by atoms with Crippen LogP contribution in [-0.2, 0) is 0 Å². The molecule has 2 aliphatic rings. The Morgan fingerprint density at radius 1 is 1.38 bits per heavy atom. The molecule has 0 aromatic heterocycles. The van der Waals surface area contributed by atoms with Crippen molar-refractivity contribution in [3.05, 3.63) is 45.3 Å². The van der Waals surface area contributed by atoms with Crippen LogP contribution in [0.25, 0.3) is 0 Å². The Kier molecular flexibility index (Phi) is 4.49. The van der Waals surface area contributed by atoms with Gasteiger partial charge < -0.3 is 15.1 Å². The quantitative estimate of drug-likeness (QED) is 0.572. The second-order valence-electron chi connectivity index (χ2n) is 6.16. The van der Waals surface area contributed by atoms with Crippen LogP contribution in [0.5, 0.6) is 0 Å². The molecule has 0 fully saturated rings. The monoisotopic (exact) mass is 294 g/mol. The van der Waals surface area contributed by atoms with E-state index in [4.69, 9.17) is 0 Å². The van der Waals surface area contributed by atoms with Crippen LogP contribution in [0.4, 0.5) is 0 Å². The van der Waals surface area contributed by atoms with Crippen molar-refractivity contribution in [2.24, 2.45) is 5.41 Å². The van der Waals surface area contributed by atoms with E-state index in [0.717, 1.165) is 11.3 Å². The van der Waals surface area contributed by atoms with Crippen LogP contribution in [0.1, 0.15) is 26.7 Å². The lowest BCUT2D eigenvalue weighted by atomic mass is 9.81. The molecule has 1 unspecified atom stereocenters. The minimum atomic E-state index is -0.351. The van der Waals surface area contributed by atoms with Gasteiger partial charge in [-0.1, -0.05) is 19.9 Å². The van der Waals surface area contributed by atoms with E-state index in [0.29, 0.717) is 19.4 Å². The molecule has 2 N–H and O–H groups in total. The van der Waals surface area contributed by atoms with Crippen molar-refractivity contribution >= 4 is 0 Å². The number of hydrogen-bond donors (Lipinski definition) is 2. The molecule has 1 heterocycles. The molecule has 1 aliphatic heterocycles. The first-order chi connectivity index (χ1) is 9.90. The summed E-state index contributed by atoms with van der Waals surface area (Å²) in [5.41, 5.74) is 1.90. The van der Waals surface area contributed by atoms with E-state index in [1.165, 1.54) is 0 Å². The highest BCUT2D eigenvalue weighted by molar-refractivity contribution is 5.46. The Hall–Kier alpha value is -1.66. The van der Waals surface area contributed by atoms with Crippen molar-refractivity contribution in [2.75, 3.05) is 19.8 Å². The average Bonchev–Trinajstić information content (AvgIpc) is 2.78. The molecule has 0 saturated carbocycles. The van der Waals surface area contributed by atoms with Crippen LogP contribution < -0.4 is 0 Å². The van der Waals surface area contributed by atoms with E-state index in [-0.39, 0.29) is 35.3 Å². The highest BCUT2D eigenvalue weighted by Gasteiger charge is 2.40. The topological polar surface area (TPSA) is 86.8 Å². The van der Waals surface area contributed by atoms with Gasteiger partial charge in [-0.15, -0.1) is 0 Å². The lowest BCUT2D eigenvalue weighted by molar-refractivity contribution is -0.427. The van der Waals surface area contributed by atoms with E-state index in [1.807, 2.05) is 6.08 Å². The highest BCUT2D eigenvalue weighted by atomic mass is 16.6. The molecular weight excluding hydrogens is 272 g/mol. The number of allylic oxidation sites excluding steroid dienone is 4. The fourth-order valence-electron chi connectivity index (χ4n) is 3.06. The van der Waals surface area contributed by atoms with Gasteiger partial charge in [0.2, 0.25) is 0 Å². The molecule has 21 heavy (non-hydrogen) atoms.